The summed E-state index contributed by atoms with van der Waals surface area (Å²) in [5.74, 6) is -1.66. The number of esters is 1. The standard InChI is InChI=1S/C23H22N4O7S/c1-11(28)18-16-7-15(17-9-35-22-19(12(2)29)24-10-25(17)22)20(26(16)21(18)30)23(31)34-8-13-3-5-14(6-4-13)27(32)33/h3-6,9-12,16,18,28-29H,7-8H2,1-2H3/t11-,12?,16-,18-/m1/s1. The van der Waals surface area contributed by atoms with Crippen molar-refractivity contribution in [2.75, 3.05) is 0 Å². The van der Waals surface area contributed by atoms with Crippen LogP contribution in [0.25, 0.3) is 10.4 Å². The summed E-state index contributed by atoms with van der Waals surface area (Å²) in [6, 6.07) is 5.29. The van der Waals surface area contributed by atoms with Gasteiger partial charge in [-0.05, 0) is 38.0 Å². The molecule has 1 saturated heterocycles. The van der Waals surface area contributed by atoms with Gasteiger partial charge in [-0.3, -0.25) is 19.3 Å². The van der Waals surface area contributed by atoms with Crippen LogP contribution in [-0.2, 0) is 20.9 Å². The molecule has 0 radical (unpaired) electrons. The third-order valence-electron chi connectivity index (χ3n) is 6.44. The molecule has 0 spiro atoms. The van der Waals surface area contributed by atoms with Crippen LogP contribution in [0.4, 0.5) is 5.69 Å². The third-order valence-corrected chi connectivity index (χ3v) is 7.41. The van der Waals surface area contributed by atoms with Crippen LogP contribution in [0.15, 0.2) is 41.7 Å². The molecule has 4 atom stereocenters. The summed E-state index contributed by atoms with van der Waals surface area (Å²) in [7, 11) is 0. The number of amides is 1. The maximum atomic E-state index is 13.3. The summed E-state index contributed by atoms with van der Waals surface area (Å²) in [5, 5.41) is 32.8. The third kappa shape index (κ3) is 3.70. The molecule has 1 fully saturated rings. The first kappa shape index (κ1) is 23.1. The van der Waals surface area contributed by atoms with E-state index in [9.17, 15) is 29.9 Å². The molecule has 182 valence electrons. The average Bonchev–Trinajstić information content (AvgIpc) is 3.49. The van der Waals surface area contributed by atoms with Gasteiger partial charge in [-0.15, -0.1) is 11.3 Å². The smallest absolute Gasteiger partial charge is 0.355 e. The minimum Gasteiger partial charge on any atom is -0.456 e. The predicted molar refractivity (Wildman–Crippen MR) is 124 cm³/mol. The van der Waals surface area contributed by atoms with Crippen LogP contribution in [0.2, 0.25) is 0 Å². The number of hydrogen-bond donors (Lipinski definition) is 2. The molecule has 2 aliphatic heterocycles. The second kappa shape index (κ2) is 8.56. The van der Waals surface area contributed by atoms with Gasteiger partial charge in [0, 0.05) is 23.1 Å². The van der Waals surface area contributed by atoms with Crippen molar-refractivity contribution in [3.05, 3.63) is 68.7 Å². The number of aliphatic hydroxyl groups excluding tert-OH is 2. The van der Waals surface area contributed by atoms with E-state index >= 15 is 0 Å². The highest BCUT2D eigenvalue weighted by Crippen LogP contribution is 2.48. The predicted octanol–water partition coefficient (Wildman–Crippen LogP) is 2.42. The number of benzene rings is 1. The first-order chi connectivity index (χ1) is 16.7. The largest absolute Gasteiger partial charge is 0.456 e. The first-order valence-electron chi connectivity index (χ1n) is 11.0. The summed E-state index contributed by atoms with van der Waals surface area (Å²) in [4.78, 5) is 42.8. The van der Waals surface area contributed by atoms with Crippen LogP contribution in [0, 0.1) is 16.0 Å². The van der Waals surface area contributed by atoms with Crippen molar-refractivity contribution in [3.8, 4) is 0 Å². The van der Waals surface area contributed by atoms with Crippen LogP contribution >= 0.6 is 11.3 Å². The van der Waals surface area contributed by atoms with Crippen LogP contribution in [-0.4, -0.2) is 53.4 Å². The van der Waals surface area contributed by atoms with E-state index in [0.29, 0.717) is 28.9 Å². The zero-order chi connectivity index (χ0) is 25.0. The van der Waals surface area contributed by atoms with E-state index in [1.165, 1.54) is 40.5 Å². The molecule has 2 aromatic heterocycles. The molecule has 35 heavy (non-hydrogen) atoms. The number of non-ortho nitro benzene ring substituents is 1. The van der Waals surface area contributed by atoms with Gasteiger partial charge >= 0.3 is 5.97 Å². The Bertz CT molecular complexity index is 1370. The highest BCUT2D eigenvalue weighted by Gasteiger charge is 2.57. The molecule has 0 saturated carbocycles. The Balaban J connectivity index is 1.48. The Morgan fingerprint density at radius 3 is 2.66 bits per heavy atom. The Kier molecular flexibility index (Phi) is 5.66. The van der Waals surface area contributed by atoms with Crippen molar-refractivity contribution in [1.29, 1.82) is 0 Å². The Hall–Kier alpha value is -3.61. The van der Waals surface area contributed by atoms with E-state index in [-0.39, 0.29) is 29.9 Å². The van der Waals surface area contributed by atoms with Crippen LogP contribution in [0.3, 0.4) is 0 Å². The van der Waals surface area contributed by atoms with Gasteiger partial charge in [-0.1, -0.05) is 0 Å². The highest BCUT2D eigenvalue weighted by molar-refractivity contribution is 7.16. The van der Waals surface area contributed by atoms with Crippen molar-refractivity contribution < 1.29 is 29.5 Å². The lowest BCUT2D eigenvalue weighted by Gasteiger charge is -2.44. The number of aromatic nitrogens is 2. The van der Waals surface area contributed by atoms with E-state index in [1.54, 1.807) is 24.6 Å². The Labute approximate surface area is 203 Å². The summed E-state index contributed by atoms with van der Waals surface area (Å²) < 4.78 is 7.29. The molecule has 1 unspecified atom stereocenters. The maximum absolute atomic E-state index is 13.3. The fourth-order valence-electron chi connectivity index (χ4n) is 4.73. The van der Waals surface area contributed by atoms with Crippen LogP contribution in [0.5, 0.6) is 0 Å². The summed E-state index contributed by atoms with van der Waals surface area (Å²) in [5.41, 5.74) is 2.39. The quantitative estimate of drug-likeness (QED) is 0.218. The van der Waals surface area contributed by atoms with Gasteiger partial charge in [-0.25, -0.2) is 9.78 Å². The van der Waals surface area contributed by atoms with Crippen LogP contribution in [0.1, 0.15) is 43.3 Å². The van der Waals surface area contributed by atoms with Crippen molar-refractivity contribution in [2.45, 2.75) is 45.1 Å². The van der Waals surface area contributed by atoms with Gasteiger partial charge in [0.05, 0.1) is 34.8 Å². The van der Waals surface area contributed by atoms with Crippen molar-refractivity contribution >= 4 is 39.3 Å². The SMILES string of the molecule is CC(O)c1ncn2c(C3=C(C(=O)OCc4ccc([N+](=O)[O-])cc4)N4C(=O)[C@H]([C@@H](C)O)[C@H]4C3)csc12. The molecule has 2 N–H and O–H groups in total. The van der Waals surface area contributed by atoms with Gasteiger partial charge in [0.1, 0.15) is 29.2 Å². The number of thiazole rings is 1. The van der Waals surface area contributed by atoms with Gasteiger partial charge in [0.2, 0.25) is 5.91 Å². The average molecular weight is 499 g/mol. The number of carbonyl (C=O) groups is 2. The van der Waals surface area contributed by atoms with E-state index in [1.807, 2.05) is 5.38 Å². The minimum absolute atomic E-state index is 0.0718. The highest BCUT2D eigenvalue weighted by atomic mass is 32.1. The topological polar surface area (TPSA) is 148 Å². The Morgan fingerprint density at radius 2 is 2.03 bits per heavy atom. The number of hydrogen-bond acceptors (Lipinski definition) is 9. The first-order valence-corrected chi connectivity index (χ1v) is 11.8. The molecule has 4 heterocycles. The van der Waals surface area contributed by atoms with Crippen molar-refractivity contribution in [3.63, 3.8) is 0 Å². The zero-order valence-corrected chi connectivity index (χ0v) is 19.6. The number of nitro benzene ring substituents is 1. The fourth-order valence-corrected chi connectivity index (χ4v) is 5.81. The summed E-state index contributed by atoms with van der Waals surface area (Å²) in [6.45, 7) is 3.05. The molecular formula is C23H22N4O7S. The maximum Gasteiger partial charge on any atom is 0.355 e. The molecule has 5 rings (SSSR count). The molecule has 0 bridgehead atoms. The number of carbonyl (C=O) groups excluding carboxylic acids is 2. The second-order valence-corrected chi connectivity index (χ2v) is 9.53. The molecular weight excluding hydrogens is 476 g/mol. The molecule has 3 aromatic rings. The van der Waals surface area contributed by atoms with Crippen molar-refractivity contribution in [1.82, 2.24) is 14.3 Å². The molecule has 0 aliphatic carbocycles. The number of fused-ring (bicyclic) bond motifs is 2. The fraction of sp³-hybridized carbons (Fsp3) is 0.348. The lowest BCUT2D eigenvalue weighted by Crippen LogP contribution is -2.61. The monoisotopic (exact) mass is 498 g/mol. The summed E-state index contributed by atoms with van der Waals surface area (Å²) in [6.07, 6.45) is 0.297. The molecule has 1 amide bonds. The molecule has 1 aromatic carbocycles. The molecule has 12 heteroatoms. The number of imidazole rings is 1. The van der Waals surface area contributed by atoms with Crippen molar-refractivity contribution in [2.24, 2.45) is 5.92 Å². The number of nitro groups is 1. The van der Waals surface area contributed by atoms with Gasteiger partial charge in [0.25, 0.3) is 5.69 Å². The van der Waals surface area contributed by atoms with E-state index < -0.39 is 29.0 Å². The lowest BCUT2D eigenvalue weighted by molar-refractivity contribution is -0.384. The Morgan fingerprint density at radius 1 is 1.31 bits per heavy atom. The number of ether oxygens (including phenoxy) is 1. The number of nitrogens with zero attached hydrogens (tertiary/aromatic N) is 4. The normalized spacial score (nSPS) is 21.1. The van der Waals surface area contributed by atoms with E-state index in [4.69, 9.17) is 4.74 Å². The van der Waals surface area contributed by atoms with E-state index in [0.717, 1.165) is 4.83 Å². The number of β-lactam (4-membered cyclic amide) rings is 1. The van der Waals surface area contributed by atoms with Gasteiger partial charge in [-0.2, -0.15) is 0 Å². The summed E-state index contributed by atoms with van der Waals surface area (Å²) >= 11 is 1.37. The second-order valence-electron chi connectivity index (χ2n) is 8.67. The van der Waals surface area contributed by atoms with Crippen LogP contribution < -0.4 is 0 Å². The van der Waals surface area contributed by atoms with Gasteiger partial charge < -0.3 is 19.8 Å². The van der Waals surface area contributed by atoms with E-state index in [2.05, 4.69) is 4.98 Å². The zero-order valence-electron chi connectivity index (χ0n) is 18.8. The number of aliphatic hydroxyl groups is 2. The lowest BCUT2D eigenvalue weighted by atomic mass is 9.83. The van der Waals surface area contributed by atoms with Gasteiger partial charge in [0.15, 0.2) is 0 Å². The minimum atomic E-state index is -0.863. The molecule has 2 aliphatic rings. The molecule has 11 nitrogen and oxygen atoms in total. The number of rotatable bonds is 7.